The molecule has 2 heterocycles. The number of fused-ring (bicyclic) bond motifs is 1. The average molecular weight is 304 g/mol. The van der Waals surface area contributed by atoms with Gasteiger partial charge in [-0.05, 0) is 19.1 Å². The summed E-state index contributed by atoms with van der Waals surface area (Å²) >= 11 is 0. The highest BCUT2D eigenvalue weighted by Crippen LogP contribution is 2.31. The average Bonchev–Trinajstić information content (AvgIpc) is 2.97. The van der Waals surface area contributed by atoms with Gasteiger partial charge in [0.25, 0.3) is 0 Å². The van der Waals surface area contributed by atoms with Gasteiger partial charge in [-0.25, -0.2) is 13.6 Å². The van der Waals surface area contributed by atoms with E-state index in [9.17, 15) is 13.6 Å². The molecule has 0 aliphatic rings. The van der Waals surface area contributed by atoms with Gasteiger partial charge in [0.05, 0.1) is 17.7 Å². The molecule has 0 radical (unpaired) electrons. The van der Waals surface area contributed by atoms with Crippen LogP contribution < -0.4 is 0 Å². The van der Waals surface area contributed by atoms with E-state index < -0.39 is 23.2 Å². The van der Waals surface area contributed by atoms with Crippen LogP contribution in [-0.2, 0) is 4.74 Å². The zero-order valence-electron chi connectivity index (χ0n) is 11.4. The fourth-order valence-electron chi connectivity index (χ4n) is 2.11. The summed E-state index contributed by atoms with van der Waals surface area (Å²) in [5.74, 6) is -2.55. The molecule has 1 N–H and O–H groups in total. The van der Waals surface area contributed by atoms with E-state index in [0.717, 1.165) is 6.07 Å². The van der Waals surface area contributed by atoms with Gasteiger partial charge in [0.1, 0.15) is 17.3 Å². The van der Waals surface area contributed by atoms with Crippen molar-refractivity contribution >= 4 is 16.9 Å². The first-order chi connectivity index (χ1) is 10.6. The van der Waals surface area contributed by atoms with Crippen molar-refractivity contribution in [3.63, 3.8) is 0 Å². The summed E-state index contributed by atoms with van der Waals surface area (Å²) in [4.78, 5) is 15.7. The van der Waals surface area contributed by atoms with E-state index in [1.54, 1.807) is 6.92 Å². The van der Waals surface area contributed by atoms with Crippen molar-refractivity contribution < 1.29 is 18.3 Å². The maximum Gasteiger partial charge on any atom is 0.361 e. The molecule has 2 aromatic heterocycles. The van der Waals surface area contributed by atoms with Crippen LogP contribution in [0.3, 0.4) is 0 Å². The summed E-state index contributed by atoms with van der Waals surface area (Å²) < 4.78 is 33.7. The largest absolute Gasteiger partial charge is 0.461 e. The van der Waals surface area contributed by atoms with Crippen molar-refractivity contribution in [3.05, 3.63) is 41.7 Å². The van der Waals surface area contributed by atoms with Crippen LogP contribution in [0.4, 0.5) is 8.78 Å². The van der Waals surface area contributed by atoms with Crippen molar-refractivity contribution in [2.24, 2.45) is 0 Å². The number of ether oxygens (including phenoxy) is 1. The molecule has 112 valence electrons. The molecule has 3 aromatic rings. The van der Waals surface area contributed by atoms with E-state index in [1.807, 2.05) is 0 Å². The number of carbonyl (C=O) groups excluding carboxylic acids is 1. The van der Waals surface area contributed by atoms with Gasteiger partial charge < -0.3 is 4.74 Å². The van der Waals surface area contributed by atoms with E-state index in [4.69, 9.17) is 4.74 Å². The van der Waals surface area contributed by atoms with Gasteiger partial charge in [0.2, 0.25) is 0 Å². The Hall–Kier alpha value is -2.90. The Morgan fingerprint density at radius 1 is 1.36 bits per heavy atom. The molecule has 0 atom stereocenters. The van der Waals surface area contributed by atoms with Gasteiger partial charge in [-0.1, -0.05) is 0 Å². The molecule has 0 aliphatic heterocycles. The quantitative estimate of drug-likeness (QED) is 0.752. The van der Waals surface area contributed by atoms with Crippen LogP contribution in [-0.4, -0.2) is 33.0 Å². The molecule has 0 aliphatic carbocycles. The van der Waals surface area contributed by atoms with E-state index in [2.05, 4.69) is 20.4 Å². The standard InChI is InChI=1S/C14H10F2N4O2/c1-2-22-14(21)13-12(18-20-19-13)10-8(15)6-9-7(11(10)16)4-3-5-17-9/h3-6H,2H2,1H3,(H,18,19,20). The van der Waals surface area contributed by atoms with Crippen molar-refractivity contribution in [2.75, 3.05) is 6.61 Å². The molecule has 0 spiro atoms. The first-order valence-corrected chi connectivity index (χ1v) is 6.44. The van der Waals surface area contributed by atoms with Crippen LogP contribution in [0.25, 0.3) is 22.2 Å². The first kappa shape index (κ1) is 14.1. The van der Waals surface area contributed by atoms with Crippen LogP contribution >= 0.6 is 0 Å². The minimum absolute atomic E-state index is 0.109. The number of H-pyrrole nitrogens is 1. The van der Waals surface area contributed by atoms with Crippen LogP contribution in [0.5, 0.6) is 0 Å². The first-order valence-electron chi connectivity index (χ1n) is 6.44. The molecule has 22 heavy (non-hydrogen) atoms. The number of aromatic nitrogens is 4. The van der Waals surface area contributed by atoms with Gasteiger partial charge >= 0.3 is 5.97 Å². The molecule has 0 bridgehead atoms. The zero-order valence-corrected chi connectivity index (χ0v) is 11.4. The Kier molecular flexibility index (Phi) is 3.50. The fourth-order valence-corrected chi connectivity index (χ4v) is 2.11. The molecular weight excluding hydrogens is 294 g/mol. The second-order valence-corrected chi connectivity index (χ2v) is 4.36. The predicted molar refractivity (Wildman–Crippen MR) is 73.0 cm³/mol. The van der Waals surface area contributed by atoms with Crippen LogP contribution in [0.15, 0.2) is 24.4 Å². The molecular formula is C14H10F2N4O2. The Balaban J connectivity index is 2.23. The lowest BCUT2D eigenvalue weighted by Crippen LogP contribution is -2.08. The van der Waals surface area contributed by atoms with E-state index in [1.165, 1.54) is 18.3 Å². The molecule has 8 heteroatoms. The molecule has 0 fully saturated rings. The van der Waals surface area contributed by atoms with Crippen LogP contribution in [0.1, 0.15) is 17.4 Å². The molecule has 6 nitrogen and oxygen atoms in total. The zero-order chi connectivity index (χ0) is 15.7. The summed E-state index contributed by atoms with van der Waals surface area (Å²) in [7, 11) is 0. The van der Waals surface area contributed by atoms with Crippen molar-refractivity contribution in [2.45, 2.75) is 6.92 Å². The van der Waals surface area contributed by atoms with Crippen molar-refractivity contribution in [1.29, 1.82) is 0 Å². The summed E-state index contributed by atoms with van der Waals surface area (Å²) in [5, 5.41) is 9.61. The summed E-state index contributed by atoms with van der Waals surface area (Å²) in [6.07, 6.45) is 1.43. The molecule has 0 amide bonds. The number of hydrogen-bond acceptors (Lipinski definition) is 5. The van der Waals surface area contributed by atoms with Gasteiger partial charge in [0, 0.05) is 17.6 Å². The number of aromatic amines is 1. The molecule has 0 saturated carbocycles. The van der Waals surface area contributed by atoms with Crippen molar-refractivity contribution in [3.8, 4) is 11.3 Å². The molecule has 0 saturated heterocycles. The van der Waals surface area contributed by atoms with Crippen molar-refractivity contribution in [1.82, 2.24) is 20.4 Å². The highest BCUT2D eigenvalue weighted by molar-refractivity contribution is 5.95. The Labute approximate surface area is 123 Å². The third-order valence-electron chi connectivity index (χ3n) is 3.05. The van der Waals surface area contributed by atoms with E-state index >= 15 is 0 Å². The van der Waals surface area contributed by atoms with Gasteiger partial charge in [-0.3, -0.25) is 4.98 Å². The normalized spacial score (nSPS) is 10.9. The number of esters is 1. The SMILES string of the molecule is CCOC(=O)c1n[nH]nc1-c1c(F)cc2ncccc2c1F. The second-order valence-electron chi connectivity index (χ2n) is 4.36. The number of pyridine rings is 1. The smallest absolute Gasteiger partial charge is 0.361 e. The number of benzene rings is 1. The maximum absolute atomic E-state index is 14.6. The third kappa shape index (κ3) is 2.18. The Bertz CT molecular complexity index is 863. The minimum Gasteiger partial charge on any atom is -0.461 e. The topological polar surface area (TPSA) is 80.8 Å². The number of halogens is 2. The molecule has 1 aromatic carbocycles. The highest BCUT2D eigenvalue weighted by atomic mass is 19.1. The van der Waals surface area contributed by atoms with E-state index in [-0.39, 0.29) is 28.9 Å². The number of nitrogens with one attached hydrogen (secondary N) is 1. The lowest BCUT2D eigenvalue weighted by Gasteiger charge is -2.07. The second kappa shape index (κ2) is 5.47. The monoisotopic (exact) mass is 304 g/mol. The predicted octanol–water partition coefficient (Wildman–Crippen LogP) is 2.47. The highest BCUT2D eigenvalue weighted by Gasteiger charge is 2.25. The minimum atomic E-state index is -0.886. The van der Waals surface area contributed by atoms with E-state index in [0.29, 0.717) is 0 Å². The van der Waals surface area contributed by atoms with Crippen LogP contribution in [0.2, 0.25) is 0 Å². The third-order valence-corrected chi connectivity index (χ3v) is 3.05. The lowest BCUT2D eigenvalue weighted by molar-refractivity contribution is 0.0520. The number of nitrogens with zero attached hydrogens (tertiary/aromatic N) is 3. The fraction of sp³-hybridized carbons (Fsp3) is 0.143. The summed E-state index contributed by atoms with van der Waals surface area (Å²) in [5.41, 5.74) is -0.790. The lowest BCUT2D eigenvalue weighted by atomic mass is 10.0. The molecule has 3 rings (SSSR count). The summed E-state index contributed by atoms with van der Waals surface area (Å²) in [6.45, 7) is 1.72. The number of hydrogen-bond donors (Lipinski definition) is 1. The van der Waals surface area contributed by atoms with Gasteiger partial charge in [0.15, 0.2) is 5.69 Å². The van der Waals surface area contributed by atoms with Gasteiger partial charge in [-0.15, -0.1) is 5.10 Å². The maximum atomic E-state index is 14.6. The Morgan fingerprint density at radius 3 is 2.95 bits per heavy atom. The number of rotatable bonds is 3. The summed E-state index contributed by atoms with van der Waals surface area (Å²) in [6, 6.07) is 4.07. The van der Waals surface area contributed by atoms with Crippen LogP contribution in [0, 0.1) is 11.6 Å². The Morgan fingerprint density at radius 2 is 2.18 bits per heavy atom. The molecule has 0 unspecified atom stereocenters. The van der Waals surface area contributed by atoms with Gasteiger partial charge in [-0.2, -0.15) is 10.3 Å². The number of carbonyl (C=O) groups is 1.